The maximum atomic E-state index is 14.1. The molecule has 0 aromatic heterocycles. The topological polar surface area (TPSA) is 141 Å². The summed E-state index contributed by atoms with van der Waals surface area (Å²) < 4.78 is 5.41. The zero-order chi connectivity index (χ0) is 38.5. The van der Waals surface area contributed by atoms with E-state index in [1.54, 1.807) is 31.2 Å². The SMILES string of the molecule is CC(C)CC(NC(=O)C(CCc1ccccc1)NC(=S)Nc1ccc(Cl)cc1)C(=O)N[C@@H](Cc1ccccc1)C(=O)NC(CC(C)C)C(=O)[C@@]1(C)CO1. The predicted octanol–water partition coefficient (Wildman–Crippen LogP) is 5.78. The number of ketones is 1. The van der Waals surface area contributed by atoms with E-state index in [4.69, 9.17) is 28.6 Å². The summed E-state index contributed by atoms with van der Waals surface area (Å²) in [6.45, 7) is 9.90. The minimum atomic E-state index is -1.02. The number of hydrogen-bond acceptors (Lipinski definition) is 6. The lowest BCUT2D eigenvalue weighted by atomic mass is 9.93. The number of ether oxygens (including phenoxy) is 1. The standard InChI is InChI=1S/C41H52ClN5O5S/c1-26(2)22-33(36(48)41(5)25-52-41)44-39(51)35(24-29-14-10-7-11-15-29)46-38(50)34(23-27(3)4)45-37(49)32(21-16-28-12-8-6-9-13-28)47-40(53)43-31-19-17-30(42)18-20-31/h6-15,17-20,26-27,32-35H,16,21-25H2,1-5H3,(H,44,51)(H,45,49)(H,46,50)(H2,43,47,53)/t32?,33?,34?,35-,41+/m0/s1. The van der Waals surface area contributed by atoms with Gasteiger partial charge in [0.1, 0.15) is 23.7 Å². The van der Waals surface area contributed by atoms with E-state index in [0.29, 0.717) is 43.0 Å². The first-order valence-electron chi connectivity index (χ1n) is 18.2. The van der Waals surface area contributed by atoms with Crippen LogP contribution in [0, 0.1) is 11.8 Å². The zero-order valence-corrected chi connectivity index (χ0v) is 32.7. The molecule has 1 heterocycles. The molecule has 0 saturated carbocycles. The summed E-state index contributed by atoms with van der Waals surface area (Å²) in [6.07, 6.45) is 1.90. The summed E-state index contributed by atoms with van der Waals surface area (Å²) in [6, 6.07) is 22.6. The number of carbonyl (C=O) groups is 4. The van der Waals surface area contributed by atoms with Crippen molar-refractivity contribution in [3.63, 3.8) is 0 Å². The highest BCUT2D eigenvalue weighted by atomic mass is 35.5. The molecule has 5 atom stereocenters. The molecular weight excluding hydrogens is 710 g/mol. The largest absolute Gasteiger partial charge is 0.361 e. The number of nitrogens with one attached hydrogen (secondary N) is 5. The van der Waals surface area contributed by atoms with Crippen LogP contribution in [-0.2, 0) is 36.8 Å². The number of amides is 3. The van der Waals surface area contributed by atoms with Crippen molar-refractivity contribution in [1.29, 1.82) is 0 Å². The number of anilines is 1. The van der Waals surface area contributed by atoms with Crippen LogP contribution in [0.2, 0.25) is 5.02 Å². The Bertz CT molecular complexity index is 1690. The summed E-state index contributed by atoms with van der Waals surface area (Å²) >= 11 is 11.6. The molecule has 284 valence electrons. The molecule has 1 aliphatic rings. The maximum Gasteiger partial charge on any atom is 0.243 e. The molecule has 5 N–H and O–H groups in total. The maximum absolute atomic E-state index is 14.1. The number of benzene rings is 3. The Kier molecular flexibility index (Phi) is 15.4. The Labute approximate surface area is 323 Å². The first-order valence-corrected chi connectivity index (χ1v) is 19.0. The van der Waals surface area contributed by atoms with Gasteiger partial charge >= 0.3 is 0 Å². The molecule has 0 radical (unpaired) electrons. The van der Waals surface area contributed by atoms with Crippen LogP contribution >= 0.6 is 23.8 Å². The van der Waals surface area contributed by atoms with Gasteiger partial charge in [-0.25, -0.2) is 0 Å². The number of aryl methyl sites for hydroxylation is 1. The molecular formula is C41H52ClN5O5S. The van der Waals surface area contributed by atoms with Crippen molar-refractivity contribution in [2.45, 2.75) is 96.5 Å². The van der Waals surface area contributed by atoms with Crippen LogP contribution in [0.15, 0.2) is 84.9 Å². The van der Waals surface area contributed by atoms with Crippen LogP contribution in [-0.4, -0.2) is 65.0 Å². The number of epoxide rings is 1. The van der Waals surface area contributed by atoms with Crippen LogP contribution in [0.3, 0.4) is 0 Å². The van der Waals surface area contributed by atoms with E-state index in [-0.39, 0.29) is 29.2 Å². The summed E-state index contributed by atoms with van der Waals surface area (Å²) in [4.78, 5) is 55.5. The van der Waals surface area contributed by atoms with E-state index in [0.717, 1.165) is 11.1 Å². The number of rotatable bonds is 19. The summed E-state index contributed by atoms with van der Waals surface area (Å²) in [7, 11) is 0. The molecule has 3 aromatic rings. The van der Waals surface area contributed by atoms with Gasteiger partial charge < -0.3 is 31.3 Å². The molecule has 0 aliphatic carbocycles. The number of thiocarbonyl (C=S) groups is 1. The van der Waals surface area contributed by atoms with Crippen LogP contribution < -0.4 is 26.6 Å². The fraction of sp³-hybridized carbons (Fsp3) is 0.439. The third-order valence-electron chi connectivity index (χ3n) is 8.98. The molecule has 3 aromatic carbocycles. The Balaban J connectivity index is 1.53. The minimum Gasteiger partial charge on any atom is -0.361 e. The van der Waals surface area contributed by atoms with Crippen molar-refractivity contribution in [2.75, 3.05) is 11.9 Å². The molecule has 0 bridgehead atoms. The van der Waals surface area contributed by atoms with E-state index < -0.39 is 47.5 Å². The smallest absolute Gasteiger partial charge is 0.243 e. The van der Waals surface area contributed by atoms with Crippen LogP contribution in [0.1, 0.15) is 65.0 Å². The van der Waals surface area contributed by atoms with Gasteiger partial charge in [0.15, 0.2) is 10.9 Å². The number of halogens is 1. The molecule has 1 fully saturated rings. The molecule has 53 heavy (non-hydrogen) atoms. The lowest BCUT2D eigenvalue weighted by molar-refractivity contribution is -0.134. The van der Waals surface area contributed by atoms with E-state index in [1.807, 2.05) is 88.4 Å². The minimum absolute atomic E-state index is 0.0307. The fourth-order valence-corrected chi connectivity index (χ4v) is 6.37. The van der Waals surface area contributed by atoms with E-state index in [1.165, 1.54) is 0 Å². The average molecular weight is 762 g/mol. The second-order valence-electron chi connectivity index (χ2n) is 14.7. The molecule has 3 amide bonds. The van der Waals surface area contributed by atoms with Gasteiger partial charge in [0.05, 0.1) is 12.6 Å². The van der Waals surface area contributed by atoms with Gasteiger partial charge in [-0.1, -0.05) is 100.0 Å². The lowest BCUT2D eigenvalue weighted by Gasteiger charge is -2.28. The fourth-order valence-electron chi connectivity index (χ4n) is 5.98. The average Bonchev–Trinajstić information content (AvgIpc) is 3.88. The van der Waals surface area contributed by atoms with Crippen molar-refractivity contribution < 1.29 is 23.9 Å². The molecule has 1 aliphatic heterocycles. The van der Waals surface area contributed by atoms with Gasteiger partial charge in [0.25, 0.3) is 0 Å². The van der Waals surface area contributed by atoms with Crippen molar-refractivity contribution >= 4 is 58.1 Å². The van der Waals surface area contributed by atoms with Crippen molar-refractivity contribution in [3.8, 4) is 0 Å². The monoisotopic (exact) mass is 761 g/mol. The molecule has 4 rings (SSSR count). The second-order valence-corrected chi connectivity index (χ2v) is 15.5. The number of Topliss-reactive ketones (excluding diaryl/α,β-unsaturated/α-hetero) is 1. The van der Waals surface area contributed by atoms with Gasteiger partial charge in [-0.3, -0.25) is 19.2 Å². The third kappa shape index (κ3) is 13.6. The van der Waals surface area contributed by atoms with Crippen LogP contribution in [0.25, 0.3) is 0 Å². The molecule has 3 unspecified atom stereocenters. The van der Waals surface area contributed by atoms with Gasteiger partial charge in [-0.15, -0.1) is 0 Å². The zero-order valence-electron chi connectivity index (χ0n) is 31.1. The van der Waals surface area contributed by atoms with Crippen LogP contribution in [0.4, 0.5) is 5.69 Å². The normalized spacial score (nSPS) is 17.2. The molecule has 1 saturated heterocycles. The van der Waals surface area contributed by atoms with Gasteiger partial charge in [0.2, 0.25) is 17.7 Å². The van der Waals surface area contributed by atoms with E-state index in [2.05, 4.69) is 26.6 Å². The lowest BCUT2D eigenvalue weighted by Crippen LogP contribution is -2.59. The van der Waals surface area contributed by atoms with Crippen LogP contribution in [0.5, 0.6) is 0 Å². The molecule has 12 heteroatoms. The second kappa shape index (κ2) is 19.7. The summed E-state index contributed by atoms with van der Waals surface area (Å²) in [5.41, 5.74) is 1.65. The quantitative estimate of drug-likeness (QED) is 0.0766. The Hall–Kier alpha value is -4.32. The van der Waals surface area contributed by atoms with E-state index in [9.17, 15) is 19.2 Å². The Morgan fingerprint density at radius 3 is 1.75 bits per heavy atom. The highest BCUT2D eigenvalue weighted by Crippen LogP contribution is 2.29. The van der Waals surface area contributed by atoms with E-state index >= 15 is 0 Å². The van der Waals surface area contributed by atoms with Crippen molar-refractivity contribution in [3.05, 3.63) is 101 Å². The van der Waals surface area contributed by atoms with Gasteiger partial charge in [-0.2, -0.15) is 0 Å². The van der Waals surface area contributed by atoms with Gasteiger partial charge in [0, 0.05) is 17.1 Å². The van der Waals surface area contributed by atoms with Crippen molar-refractivity contribution in [1.82, 2.24) is 21.3 Å². The van der Waals surface area contributed by atoms with Gasteiger partial charge in [-0.05, 0) is 92.1 Å². The Morgan fingerprint density at radius 2 is 1.19 bits per heavy atom. The summed E-state index contributed by atoms with van der Waals surface area (Å²) in [5, 5.41) is 15.9. The Morgan fingerprint density at radius 1 is 0.698 bits per heavy atom. The first kappa shape index (κ1) is 41.4. The highest BCUT2D eigenvalue weighted by Gasteiger charge is 2.50. The first-order chi connectivity index (χ1) is 25.2. The summed E-state index contributed by atoms with van der Waals surface area (Å²) in [5.74, 6) is -1.43. The molecule has 0 spiro atoms. The highest BCUT2D eigenvalue weighted by molar-refractivity contribution is 7.80. The molecule has 10 nitrogen and oxygen atoms in total. The number of carbonyl (C=O) groups excluding carboxylic acids is 4. The third-order valence-corrected chi connectivity index (χ3v) is 9.45. The number of hydrogen-bond donors (Lipinski definition) is 5. The van der Waals surface area contributed by atoms with Crippen molar-refractivity contribution in [2.24, 2.45) is 11.8 Å². The predicted molar refractivity (Wildman–Crippen MR) is 214 cm³/mol.